The summed E-state index contributed by atoms with van der Waals surface area (Å²) in [4.78, 5) is 17.5. The van der Waals surface area contributed by atoms with Gasteiger partial charge in [0, 0.05) is 30.5 Å². The van der Waals surface area contributed by atoms with Gasteiger partial charge in [-0.1, -0.05) is 6.92 Å². The first-order valence-electron chi connectivity index (χ1n) is 7.44. The monoisotopic (exact) mass is 335 g/mol. The maximum absolute atomic E-state index is 11.3. The van der Waals surface area contributed by atoms with Crippen LogP contribution in [-0.2, 0) is 11.2 Å². The molecule has 2 heterocycles. The van der Waals surface area contributed by atoms with Crippen LogP contribution in [0.2, 0.25) is 0 Å². The number of nitrogens with zero attached hydrogens (tertiary/aromatic N) is 3. The highest BCUT2D eigenvalue weighted by Gasteiger charge is 2.11. The summed E-state index contributed by atoms with van der Waals surface area (Å²) >= 11 is 0.929. The molecule has 0 atom stereocenters. The molecular weight excluding hydrogens is 316 g/mol. The average molecular weight is 335 g/mol. The molecule has 0 spiro atoms. The molecule has 0 saturated carbocycles. The Kier molecular flexibility index (Phi) is 5.86. The molecule has 0 aromatic carbocycles. The molecule has 0 aliphatic rings. The lowest BCUT2D eigenvalue weighted by Gasteiger charge is -2.16. The Labute approximate surface area is 138 Å². The molecular formula is C15H19N4O3S-. The number of rotatable bonds is 8. The zero-order valence-electron chi connectivity index (χ0n) is 13.3. The number of anilines is 1. The Morgan fingerprint density at radius 2 is 2.13 bits per heavy atom. The van der Waals surface area contributed by atoms with Gasteiger partial charge in [-0.2, -0.15) is 0 Å². The van der Waals surface area contributed by atoms with E-state index in [9.17, 15) is 9.90 Å². The van der Waals surface area contributed by atoms with Crippen molar-refractivity contribution in [1.82, 2.24) is 15.2 Å². The van der Waals surface area contributed by atoms with Crippen molar-refractivity contribution >= 4 is 29.7 Å². The number of nitrogens with one attached hydrogen (secondary N) is 1. The van der Waals surface area contributed by atoms with E-state index in [-0.39, 0.29) is 4.91 Å². The second-order valence-electron chi connectivity index (χ2n) is 4.66. The first-order chi connectivity index (χ1) is 11.1. The Hall–Kier alpha value is -2.22. The van der Waals surface area contributed by atoms with E-state index in [1.165, 1.54) is 6.08 Å². The van der Waals surface area contributed by atoms with E-state index < -0.39 is 5.97 Å². The van der Waals surface area contributed by atoms with E-state index in [0.717, 1.165) is 24.9 Å². The van der Waals surface area contributed by atoms with Gasteiger partial charge in [-0.05, 0) is 37.8 Å². The number of furan rings is 1. The summed E-state index contributed by atoms with van der Waals surface area (Å²) in [6.45, 7) is 7.61. The smallest absolute Gasteiger partial charge is 0.213 e. The van der Waals surface area contributed by atoms with Gasteiger partial charge in [0.2, 0.25) is 5.16 Å². The van der Waals surface area contributed by atoms with Crippen LogP contribution in [0.1, 0.15) is 32.4 Å². The quantitative estimate of drug-likeness (QED) is 0.579. The van der Waals surface area contributed by atoms with Crippen molar-refractivity contribution in [3.8, 4) is 0 Å². The van der Waals surface area contributed by atoms with Crippen molar-refractivity contribution in [2.75, 3.05) is 18.0 Å². The zero-order chi connectivity index (χ0) is 16.8. The molecule has 2 aromatic heterocycles. The maximum Gasteiger partial charge on any atom is 0.213 e. The number of aryl methyl sites for hydroxylation is 1. The molecule has 8 heteroatoms. The second-order valence-corrected chi connectivity index (χ2v) is 5.67. The van der Waals surface area contributed by atoms with Gasteiger partial charge in [-0.15, -0.1) is 5.10 Å². The molecule has 0 radical (unpaired) electrons. The number of carbonyl (C=O) groups excluding carboxylic acids is 1. The number of hydrogen-bond donors (Lipinski definition) is 1. The van der Waals surface area contributed by atoms with Crippen molar-refractivity contribution < 1.29 is 14.3 Å². The molecule has 0 amide bonds. The number of hydrogen-bond acceptors (Lipinski definition) is 7. The van der Waals surface area contributed by atoms with Crippen molar-refractivity contribution in [3.05, 3.63) is 28.6 Å². The summed E-state index contributed by atoms with van der Waals surface area (Å²) in [5, 5.41) is 18.4. The summed E-state index contributed by atoms with van der Waals surface area (Å²) in [5.41, 5.74) is 0. The predicted molar refractivity (Wildman–Crippen MR) is 86.9 cm³/mol. The SMILES string of the molecule is CCc1nc(S/C(=C/c2ccc(N(CC)CC)o2)C(=O)[O-])n[nH]1. The second kappa shape index (κ2) is 7.87. The average Bonchev–Trinajstić information content (AvgIpc) is 3.17. The summed E-state index contributed by atoms with van der Waals surface area (Å²) in [5.74, 6) is 0.561. The third-order valence-corrected chi connectivity index (χ3v) is 4.08. The molecule has 1 N–H and O–H groups in total. The molecule has 0 unspecified atom stereocenters. The highest BCUT2D eigenvalue weighted by molar-refractivity contribution is 8.04. The molecule has 0 bridgehead atoms. The minimum atomic E-state index is -1.29. The molecule has 0 saturated heterocycles. The number of aliphatic carboxylic acids is 1. The van der Waals surface area contributed by atoms with Gasteiger partial charge in [0.25, 0.3) is 0 Å². The van der Waals surface area contributed by atoms with E-state index in [2.05, 4.69) is 15.2 Å². The lowest BCUT2D eigenvalue weighted by atomic mass is 10.4. The minimum Gasteiger partial charge on any atom is -0.544 e. The van der Waals surface area contributed by atoms with E-state index in [1.54, 1.807) is 6.07 Å². The van der Waals surface area contributed by atoms with E-state index in [1.807, 2.05) is 31.7 Å². The Bertz CT molecular complexity index is 688. The van der Waals surface area contributed by atoms with Crippen LogP contribution in [0.15, 0.2) is 26.6 Å². The highest BCUT2D eigenvalue weighted by atomic mass is 32.2. The molecule has 0 aliphatic carbocycles. The predicted octanol–water partition coefficient (Wildman–Crippen LogP) is 1.69. The number of aromatic amines is 1. The zero-order valence-corrected chi connectivity index (χ0v) is 14.1. The normalized spacial score (nSPS) is 11.7. The van der Waals surface area contributed by atoms with Crippen LogP contribution in [0.3, 0.4) is 0 Å². The van der Waals surface area contributed by atoms with E-state index >= 15 is 0 Å². The lowest BCUT2D eigenvalue weighted by molar-refractivity contribution is -0.298. The van der Waals surface area contributed by atoms with Crippen molar-refractivity contribution in [1.29, 1.82) is 0 Å². The van der Waals surface area contributed by atoms with Gasteiger partial charge in [0.15, 0.2) is 5.88 Å². The summed E-state index contributed by atoms with van der Waals surface area (Å²) in [6, 6.07) is 3.55. The molecule has 124 valence electrons. The van der Waals surface area contributed by atoms with Gasteiger partial charge in [0.1, 0.15) is 11.6 Å². The Morgan fingerprint density at radius 3 is 2.70 bits per heavy atom. The Balaban J connectivity index is 2.20. The topological polar surface area (TPSA) is 98.1 Å². The number of carboxylic acids is 1. The highest BCUT2D eigenvalue weighted by Crippen LogP contribution is 2.27. The summed E-state index contributed by atoms with van der Waals surface area (Å²) in [7, 11) is 0. The molecule has 2 aromatic rings. The Morgan fingerprint density at radius 1 is 1.39 bits per heavy atom. The molecule has 0 aliphatic heterocycles. The molecule has 0 fully saturated rings. The van der Waals surface area contributed by atoms with E-state index in [0.29, 0.717) is 29.0 Å². The van der Waals surface area contributed by atoms with Gasteiger partial charge in [0.05, 0.1) is 5.97 Å². The van der Waals surface area contributed by atoms with Gasteiger partial charge in [-0.25, -0.2) is 4.98 Å². The first kappa shape index (κ1) is 17.1. The third kappa shape index (κ3) is 4.38. The van der Waals surface area contributed by atoms with Gasteiger partial charge < -0.3 is 19.2 Å². The fraction of sp³-hybridized carbons (Fsp3) is 0.400. The molecule has 23 heavy (non-hydrogen) atoms. The van der Waals surface area contributed by atoms with Crippen LogP contribution >= 0.6 is 11.8 Å². The minimum absolute atomic E-state index is 0.00731. The van der Waals surface area contributed by atoms with Crippen LogP contribution in [0.25, 0.3) is 6.08 Å². The fourth-order valence-corrected chi connectivity index (χ4v) is 2.67. The molecule has 2 rings (SSSR count). The van der Waals surface area contributed by atoms with Crippen molar-refractivity contribution in [2.24, 2.45) is 0 Å². The van der Waals surface area contributed by atoms with Crippen LogP contribution in [0.4, 0.5) is 5.88 Å². The van der Waals surface area contributed by atoms with Gasteiger partial charge in [-0.3, -0.25) is 5.10 Å². The first-order valence-corrected chi connectivity index (χ1v) is 8.25. The van der Waals surface area contributed by atoms with Crippen LogP contribution < -0.4 is 10.0 Å². The largest absolute Gasteiger partial charge is 0.544 e. The number of aromatic nitrogens is 3. The standard InChI is InChI=1S/C15H20N4O3S/c1-4-12-16-15(18-17-12)23-11(14(20)21)9-10-7-8-13(22-10)19(5-2)6-3/h7-9H,4-6H2,1-3H3,(H,20,21)(H,16,17,18)/p-1/b11-9+. The molecule has 7 nitrogen and oxygen atoms in total. The van der Waals surface area contributed by atoms with Crippen LogP contribution in [0, 0.1) is 0 Å². The lowest BCUT2D eigenvalue weighted by Crippen LogP contribution is -2.23. The van der Waals surface area contributed by atoms with E-state index in [4.69, 9.17) is 4.42 Å². The van der Waals surface area contributed by atoms with Crippen LogP contribution in [0.5, 0.6) is 0 Å². The number of carboxylic acid groups (broad SMARTS) is 1. The van der Waals surface area contributed by atoms with Gasteiger partial charge >= 0.3 is 0 Å². The number of carbonyl (C=O) groups is 1. The number of H-pyrrole nitrogens is 1. The fourth-order valence-electron chi connectivity index (χ4n) is 1.96. The summed E-state index contributed by atoms with van der Waals surface area (Å²) < 4.78 is 5.67. The van der Waals surface area contributed by atoms with Crippen molar-refractivity contribution in [3.63, 3.8) is 0 Å². The number of thioether (sulfide) groups is 1. The third-order valence-electron chi connectivity index (χ3n) is 3.21. The van der Waals surface area contributed by atoms with Crippen LogP contribution in [-0.4, -0.2) is 34.2 Å². The van der Waals surface area contributed by atoms with Crippen molar-refractivity contribution in [2.45, 2.75) is 32.3 Å². The summed E-state index contributed by atoms with van der Waals surface area (Å²) in [6.07, 6.45) is 2.12. The maximum atomic E-state index is 11.3.